The number of amides is 1. The van der Waals surface area contributed by atoms with Gasteiger partial charge in [0, 0.05) is 24.1 Å². The second-order valence-corrected chi connectivity index (χ2v) is 7.81. The number of hydrogen-bond donors (Lipinski definition) is 2. The third-order valence-corrected chi connectivity index (χ3v) is 5.48. The van der Waals surface area contributed by atoms with E-state index in [-0.39, 0.29) is 30.3 Å². The molecule has 8 nitrogen and oxygen atoms in total. The second-order valence-electron chi connectivity index (χ2n) is 6.16. The van der Waals surface area contributed by atoms with Gasteiger partial charge in [0.2, 0.25) is 5.91 Å². The topological polar surface area (TPSA) is 128 Å². The van der Waals surface area contributed by atoms with E-state index in [1.54, 1.807) is 42.5 Å². The van der Waals surface area contributed by atoms with Gasteiger partial charge in [-0.1, -0.05) is 24.3 Å². The average molecular weight is 401 g/mol. The van der Waals surface area contributed by atoms with Crippen LogP contribution in [-0.2, 0) is 26.2 Å². The lowest BCUT2D eigenvalue weighted by Crippen LogP contribution is -2.22. The Balaban J connectivity index is 1.48. The molecule has 9 heteroatoms. The summed E-state index contributed by atoms with van der Waals surface area (Å²) < 4.78 is 31.6. The highest BCUT2D eigenvalue weighted by Crippen LogP contribution is 2.22. The molecule has 1 amide bonds. The van der Waals surface area contributed by atoms with Crippen LogP contribution in [0.4, 0.5) is 0 Å². The van der Waals surface area contributed by atoms with Crippen molar-refractivity contribution >= 4 is 27.7 Å². The van der Waals surface area contributed by atoms with E-state index in [1.165, 1.54) is 6.07 Å². The Morgan fingerprint density at radius 3 is 2.68 bits per heavy atom. The molecule has 0 bridgehead atoms. The molecule has 3 N–H and O–H groups in total. The predicted octanol–water partition coefficient (Wildman–Crippen LogP) is 1.35. The van der Waals surface area contributed by atoms with Crippen LogP contribution in [0.1, 0.15) is 34.3 Å². The molecule has 0 aromatic heterocycles. The minimum atomic E-state index is -3.56. The fourth-order valence-electron chi connectivity index (χ4n) is 2.72. The molecule has 0 spiro atoms. The monoisotopic (exact) mass is 401 g/mol. The standard InChI is InChI=1S/C19H19N3O5S/c20-18(24)14-6-3-5-13(11-14)12-27-17(23)9-4-10-21-19-15-7-1-2-8-16(15)28(25,26)22-19/h1-3,5-8,11H,4,9-10,12H2,(H2,20,24)(H,21,22). The lowest BCUT2D eigenvalue weighted by Gasteiger charge is -2.05. The van der Waals surface area contributed by atoms with Crippen molar-refractivity contribution in [1.82, 2.24) is 4.72 Å². The number of nitrogens with two attached hydrogens (primary N) is 1. The van der Waals surface area contributed by atoms with Crippen LogP contribution < -0.4 is 10.5 Å². The number of carbonyl (C=O) groups excluding carboxylic acids is 2. The minimum absolute atomic E-state index is 0.0433. The Kier molecular flexibility index (Phi) is 5.74. The Morgan fingerprint density at radius 1 is 1.11 bits per heavy atom. The van der Waals surface area contributed by atoms with Crippen LogP contribution in [0.2, 0.25) is 0 Å². The van der Waals surface area contributed by atoms with Crippen molar-refractivity contribution in [3.63, 3.8) is 0 Å². The fraction of sp³-hybridized carbons (Fsp3) is 0.211. The molecule has 0 radical (unpaired) electrons. The first-order valence-corrected chi connectivity index (χ1v) is 10.1. The van der Waals surface area contributed by atoms with Crippen LogP contribution in [0.15, 0.2) is 58.4 Å². The highest BCUT2D eigenvalue weighted by Gasteiger charge is 2.29. The van der Waals surface area contributed by atoms with E-state index in [4.69, 9.17) is 10.5 Å². The van der Waals surface area contributed by atoms with Gasteiger partial charge < -0.3 is 10.5 Å². The SMILES string of the molecule is NC(=O)c1cccc(COC(=O)CCCN=C2NS(=O)(=O)c3ccccc32)c1. The molecule has 0 unspecified atom stereocenters. The first-order chi connectivity index (χ1) is 13.4. The molecule has 0 saturated carbocycles. The Bertz CT molecular complexity index is 1050. The molecule has 2 aromatic rings. The third kappa shape index (κ3) is 4.55. The number of rotatable bonds is 7. The van der Waals surface area contributed by atoms with Crippen LogP contribution in [0, 0.1) is 0 Å². The van der Waals surface area contributed by atoms with Gasteiger partial charge in [0.05, 0.1) is 4.90 Å². The zero-order chi connectivity index (χ0) is 20.1. The van der Waals surface area contributed by atoms with Crippen LogP contribution in [-0.4, -0.2) is 32.7 Å². The van der Waals surface area contributed by atoms with E-state index in [0.717, 1.165) is 0 Å². The van der Waals surface area contributed by atoms with Gasteiger partial charge >= 0.3 is 5.97 Å². The molecule has 1 aliphatic heterocycles. The number of hydrogen-bond acceptors (Lipinski definition) is 6. The predicted molar refractivity (Wildman–Crippen MR) is 102 cm³/mol. The van der Waals surface area contributed by atoms with Crippen molar-refractivity contribution in [2.75, 3.05) is 6.54 Å². The lowest BCUT2D eigenvalue weighted by molar-refractivity contribution is -0.145. The molecule has 3 rings (SSSR count). The average Bonchev–Trinajstić information content (AvgIpc) is 2.94. The van der Waals surface area contributed by atoms with Gasteiger partial charge in [-0.05, 0) is 36.2 Å². The van der Waals surface area contributed by atoms with Gasteiger partial charge in [0.25, 0.3) is 10.0 Å². The maximum atomic E-state index is 12.0. The first kappa shape index (κ1) is 19.6. The highest BCUT2D eigenvalue weighted by molar-refractivity contribution is 7.90. The molecule has 0 atom stereocenters. The lowest BCUT2D eigenvalue weighted by atomic mass is 10.1. The molecular weight excluding hydrogens is 382 g/mol. The number of nitrogens with zero attached hydrogens (tertiary/aromatic N) is 1. The van der Waals surface area contributed by atoms with Crippen molar-refractivity contribution in [3.05, 3.63) is 65.2 Å². The summed E-state index contributed by atoms with van der Waals surface area (Å²) in [6, 6.07) is 13.1. The largest absolute Gasteiger partial charge is 0.461 e. The Labute approximate surface area is 162 Å². The number of fused-ring (bicyclic) bond motifs is 1. The quantitative estimate of drug-likeness (QED) is 0.535. The van der Waals surface area contributed by atoms with Crippen LogP contribution in [0.3, 0.4) is 0 Å². The normalized spacial score (nSPS) is 15.6. The van der Waals surface area contributed by atoms with Gasteiger partial charge in [-0.2, -0.15) is 0 Å². The maximum absolute atomic E-state index is 12.0. The summed E-state index contributed by atoms with van der Waals surface area (Å²) >= 11 is 0. The molecule has 0 aliphatic carbocycles. The fourth-order valence-corrected chi connectivity index (χ4v) is 3.97. The van der Waals surface area contributed by atoms with Crippen molar-refractivity contribution < 1.29 is 22.7 Å². The summed E-state index contributed by atoms with van der Waals surface area (Å²) in [6.45, 7) is 0.320. The molecular formula is C19H19N3O5S. The van der Waals surface area contributed by atoms with E-state index in [0.29, 0.717) is 23.1 Å². The number of amidine groups is 1. The van der Waals surface area contributed by atoms with E-state index >= 15 is 0 Å². The summed E-state index contributed by atoms with van der Waals surface area (Å²) in [7, 11) is -3.56. The zero-order valence-corrected chi connectivity index (χ0v) is 15.7. The first-order valence-electron chi connectivity index (χ1n) is 8.58. The number of benzene rings is 2. The van der Waals surface area contributed by atoms with Crippen molar-refractivity contribution in [3.8, 4) is 0 Å². The summed E-state index contributed by atoms with van der Waals surface area (Å²) in [5, 5.41) is 0. The molecule has 2 aromatic carbocycles. The van der Waals surface area contributed by atoms with Crippen LogP contribution >= 0.6 is 0 Å². The van der Waals surface area contributed by atoms with Crippen molar-refractivity contribution in [2.45, 2.75) is 24.3 Å². The number of aliphatic imine (C=N–C) groups is 1. The van der Waals surface area contributed by atoms with Gasteiger partial charge in [-0.15, -0.1) is 0 Å². The van der Waals surface area contributed by atoms with Gasteiger partial charge in [0.1, 0.15) is 12.4 Å². The van der Waals surface area contributed by atoms with Crippen molar-refractivity contribution in [2.24, 2.45) is 10.7 Å². The van der Waals surface area contributed by atoms with Gasteiger partial charge in [-0.3, -0.25) is 19.3 Å². The molecule has 146 valence electrons. The Hall–Kier alpha value is -3.20. The number of primary amides is 1. The molecule has 0 saturated heterocycles. The molecule has 1 aliphatic rings. The van der Waals surface area contributed by atoms with Crippen LogP contribution in [0.5, 0.6) is 0 Å². The number of sulfonamides is 1. The maximum Gasteiger partial charge on any atom is 0.306 e. The van der Waals surface area contributed by atoms with Crippen molar-refractivity contribution in [1.29, 1.82) is 0 Å². The molecule has 28 heavy (non-hydrogen) atoms. The second kappa shape index (κ2) is 8.22. The number of ether oxygens (including phenoxy) is 1. The summed E-state index contributed by atoms with van der Waals surface area (Å²) in [5.74, 6) is -0.666. The van der Waals surface area contributed by atoms with E-state index in [2.05, 4.69) is 9.71 Å². The number of esters is 1. The van der Waals surface area contributed by atoms with E-state index in [9.17, 15) is 18.0 Å². The summed E-state index contributed by atoms with van der Waals surface area (Å²) in [6.07, 6.45) is 0.550. The third-order valence-electron chi connectivity index (χ3n) is 4.08. The van der Waals surface area contributed by atoms with Gasteiger partial charge in [-0.25, -0.2) is 8.42 Å². The number of nitrogens with one attached hydrogen (secondary N) is 1. The van der Waals surface area contributed by atoms with Gasteiger partial charge in [0.15, 0.2) is 0 Å². The summed E-state index contributed by atoms with van der Waals surface area (Å²) in [4.78, 5) is 27.5. The molecule has 0 fully saturated rings. The summed E-state index contributed by atoms with van der Waals surface area (Å²) in [5.41, 5.74) is 6.76. The van der Waals surface area contributed by atoms with E-state index in [1.807, 2.05) is 0 Å². The minimum Gasteiger partial charge on any atom is -0.461 e. The highest BCUT2D eigenvalue weighted by atomic mass is 32.2. The Morgan fingerprint density at radius 2 is 1.89 bits per heavy atom. The number of carbonyl (C=O) groups is 2. The molecule has 1 heterocycles. The zero-order valence-electron chi connectivity index (χ0n) is 14.9. The smallest absolute Gasteiger partial charge is 0.306 e. The van der Waals surface area contributed by atoms with Crippen LogP contribution in [0.25, 0.3) is 0 Å². The van der Waals surface area contributed by atoms with E-state index < -0.39 is 21.9 Å².